The van der Waals surface area contributed by atoms with Gasteiger partial charge in [0.2, 0.25) is 11.8 Å². The van der Waals surface area contributed by atoms with E-state index in [9.17, 15) is 14.4 Å². The minimum Gasteiger partial charge on any atom is -0.338 e. The topological polar surface area (TPSA) is 90.8 Å². The van der Waals surface area contributed by atoms with Crippen molar-refractivity contribution in [2.45, 2.75) is 71.9 Å². The summed E-state index contributed by atoms with van der Waals surface area (Å²) in [6, 6.07) is 1.86. The number of hydrogen-bond donors (Lipinski definition) is 1. The van der Waals surface area contributed by atoms with E-state index < -0.39 is 0 Å². The molecule has 4 heterocycles. The highest BCUT2D eigenvalue weighted by atomic mass is 16.2. The van der Waals surface area contributed by atoms with Crippen LogP contribution >= 0.6 is 0 Å². The number of carbonyl (C=O) groups excluding carboxylic acids is 2. The van der Waals surface area contributed by atoms with Crippen molar-refractivity contribution in [3.8, 4) is 0 Å². The normalized spacial score (nSPS) is 19.4. The van der Waals surface area contributed by atoms with E-state index >= 15 is 0 Å². The molecule has 1 atom stereocenters. The van der Waals surface area contributed by atoms with Crippen LogP contribution in [-0.2, 0) is 22.6 Å². The number of hydrogen-bond acceptors (Lipinski definition) is 4. The summed E-state index contributed by atoms with van der Waals surface area (Å²) in [6.45, 7) is 7.29. The van der Waals surface area contributed by atoms with Crippen molar-refractivity contribution in [3.63, 3.8) is 0 Å². The summed E-state index contributed by atoms with van der Waals surface area (Å²) in [7, 11) is 0. The molecule has 0 saturated carbocycles. The van der Waals surface area contributed by atoms with Crippen LogP contribution in [0.1, 0.15) is 75.9 Å². The van der Waals surface area contributed by atoms with Gasteiger partial charge in [0.1, 0.15) is 0 Å². The summed E-state index contributed by atoms with van der Waals surface area (Å²) in [6.07, 6.45) is 5.21. The zero-order valence-corrected chi connectivity index (χ0v) is 18.1. The number of fused-ring (bicyclic) bond motifs is 2. The number of nitrogens with zero attached hydrogens (tertiary/aromatic N) is 4. The lowest BCUT2D eigenvalue weighted by atomic mass is 9.95. The van der Waals surface area contributed by atoms with Crippen molar-refractivity contribution >= 4 is 17.5 Å². The lowest BCUT2D eigenvalue weighted by Gasteiger charge is -2.37. The van der Waals surface area contributed by atoms with Crippen LogP contribution in [0.15, 0.2) is 10.9 Å². The first-order chi connectivity index (χ1) is 14.4. The highest BCUT2D eigenvalue weighted by Gasteiger charge is 2.33. The van der Waals surface area contributed by atoms with E-state index in [2.05, 4.69) is 18.9 Å². The molecule has 8 nitrogen and oxygen atoms in total. The first-order valence-corrected chi connectivity index (χ1v) is 11.1. The van der Waals surface area contributed by atoms with Gasteiger partial charge in [0.15, 0.2) is 5.65 Å². The van der Waals surface area contributed by atoms with Crippen LogP contribution in [0, 0.1) is 5.92 Å². The van der Waals surface area contributed by atoms with E-state index in [1.807, 2.05) is 11.0 Å². The molecule has 8 heteroatoms. The molecule has 0 aliphatic carbocycles. The molecule has 2 aliphatic heterocycles. The summed E-state index contributed by atoms with van der Waals surface area (Å²) in [5.74, 6) is 0.218. The van der Waals surface area contributed by atoms with Gasteiger partial charge in [-0.25, -0.2) is 9.50 Å². The molecule has 0 radical (unpaired) electrons. The molecule has 1 saturated heterocycles. The summed E-state index contributed by atoms with van der Waals surface area (Å²) in [4.78, 5) is 46.4. The van der Waals surface area contributed by atoms with Gasteiger partial charge in [-0.05, 0) is 32.1 Å². The maximum Gasteiger partial charge on any atom is 0.277 e. The minimum atomic E-state index is -0.152. The smallest absolute Gasteiger partial charge is 0.277 e. The maximum absolute atomic E-state index is 13.1. The van der Waals surface area contributed by atoms with Crippen molar-refractivity contribution in [1.82, 2.24) is 24.4 Å². The zero-order valence-electron chi connectivity index (χ0n) is 18.1. The van der Waals surface area contributed by atoms with Crippen LogP contribution in [0.3, 0.4) is 0 Å². The highest BCUT2D eigenvalue weighted by molar-refractivity contribution is 5.79. The third-order valence-corrected chi connectivity index (χ3v) is 6.71. The third-order valence-electron chi connectivity index (χ3n) is 6.71. The molecule has 2 amide bonds. The van der Waals surface area contributed by atoms with E-state index in [0.29, 0.717) is 30.7 Å². The summed E-state index contributed by atoms with van der Waals surface area (Å²) in [5.41, 5.74) is 2.66. The number of piperidine rings is 1. The van der Waals surface area contributed by atoms with Gasteiger partial charge in [0.05, 0.1) is 29.5 Å². The number of H-pyrrole nitrogens is 1. The second-order valence-electron chi connectivity index (χ2n) is 8.49. The van der Waals surface area contributed by atoms with Gasteiger partial charge in [0.25, 0.3) is 5.56 Å². The van der Waals surface area contributed by atoms with Crippen molar-refractivity contribution < 1.29 is 9.59 Å². The second kappa shape index (κ2) is 8.24. The number of rotatable bonds is 4. The maximum atomic E-state index is 13.1. The van der Waals surface area contributed by atoms with E-state index in [1.54, 1.807) is 4.90 Å². The molecule has 30 heavy (non-hydrogen) atoms. The minimum absolute atomic E-state index is 0.0323. The second-order valence-corrected chi connectivity index (χ2v) is 8.49. The number of aromatic amines is 1. The van der Waals surface area contributed by atoms with Crippen LogP contribution in [0.25, 0.3) is 5.65 Å². The lowest BCUT2D eigenvalue weighted by molar-refractivity contribution is -0.139. The van der Waals surface area contributed by atoms with Gasteiger partial charge in [0, 0.05) is 38.4 Å². The average Bonchev–Trinajstić information content (AvgIpc) is 3.18. The van der Waals surface area contributed by atoms with Gasteiger partial charge in [-0.1, -0.05) is 13.8 Å². The molecular weight excluding hydrogens is 382 g/mol. The monoisotopic (exact) mass is 413 g/mol. The number of carbonyl (C=O) groups is 2. The Labute approximate surface area is 176 Å². The molecule has 2 aromatic heterocycles. The predicted molar refractivity (Wildman–Crippen MR) is 113 cm³/mol. The molecule has 162 valence electrons. The number of nitrogens with one attached hydrogen (secondary N) is 1. The van der Waals surface area contributed by atoms with Gasteiger partial charge in [-0.3, -0.25) is 19.5 Å². The van der Waals surface area contributed by atoms with E-state index in [0.717, 1.165) is 50.0 Å². The molecule has 2 aromatic rings. The summed E-state index contributed by atoms with van der Waals surface area (Å²) in [5, 5.41) is 3.23. The van der Waals surface area contributed by atoms with Gasteiger partial charge in [-0.15, -0.1) is 0 Å². The SMILES string of the molecule is CCC(CC)C(=O)N1CCCC[C@@H]1c1cc2nc3c(c(=O)n2[nH]1)CN(C(C)=O)CC3. The molecule has 2 aliphatic rings. The largest absolute Gasteiger partial charge is 0.338 e. The van der Waals surface area contributed by atoms with Crippen LogP contribution in [0.5, 0.6) is 0 Å². The first-order valence-electron chi connectivity index (χ1n) is 11.1. The Hall–Kier alpha value is -2.64. The third kappa shape index (κ3) is 3.52. The quantitative estimate of drug-likeness (QED) is 0.833. The van der Waals surface area contributed by atoms with Gasteiger partial charge >= 0.3 is 0 Å². The molecule has 0 bridgehead atoms. The summed E-state index contributed by atoms with van der Waals surface area (Å²) < 4.78 is 1.48. The number of aromatic nitrogens is 3. The predicted octanol–water partition coefficient (Wildman–Crippen LogP) is 2.42. The molecular formula is C22H31N5O3. The lowest BCUT2D eigenvalue weighted by Crippen LogP contribution is -2.42. The van der Waals surface area contributed by atoms with E-state index in [-0.39, 0.29) is 29.3 Å². The van der Waals surface area contributed by atoms with Crippen molar-refractivity contribution in [2.24, 2.45) is 5.92 Å². The van der Waals surface area contributed by atoms with Crippen LogP contribution in [0.4, 0.5) is 0 Å². The van der Waals surface area contributed by atoms with Crippen molar-refractivity contribution in [1.29, 1.82) is 0 Å². The number of amides is 2. The molecule has 0 spiro atoms. The van der Waals surface area contributed by atoms with Gasteiger partial charge < -0.3 is 9.80 Å². The zero-order chi connectivity index (χ0) is 21.4. The Bertz CT molecular complexity index is 1020. The van der Waals surface area contributed by atoms with E-state index in [1.165, 1.54) is 11.4 Å². The van der Waals surface area contributed by atoms with Gasteiger partial charge in [-0.2, -0.15) is 0 Å². The fraction of sp³-hybridized carbons (Fsp3) is 0.636. The van der Waals surface area contributed by atoms with Crippen LogP contribution < -0.4 is 5.56 Å². The van der Waals surface area contributed by atoms with Crippen LogP contribution in [0.2, 0.25) is 0 Å². The Morgan fingerprint density at radius 1 is 1.23 bits per heavy atom. The Morgan fingerprint density at radius 2 is 2.00 bits per heavy atom. The average molecular weight is 414 g/mol. The first kappa shape index (κ1) is 20.6. The van der Waals surface area contributed by atoms with Crippen molar-refractivity contribution in [3.05, 3.63) is 33.4 Å². The fourth-order valence-corrected chi connectivity index (χ4v) is 4.83. The highest BCUT2D eigenvalue weighted by Crippen LogP contribution is 2.32. The van der Waals surface area contributed by atoms with E-state index in [4.69, 9.17) is 4.98 Å². The Kier molecular flexibility index (Phi) is 5.66. The standard InChI is InChI=1S/C22H31N5O3/c1-4-15(5-2)21(29)26-10-7-6-8-19(26)18-12-20-23-17-9-11-25(14(3)28)13-16(17)22(30)27(20)24-18/h12,15,19,24H,4-11,13H2,1-3H3/t19-/m1/s1. The molecule has 0 unspecified atom stereocenters. The van der Waals surface area contributed by atoms with Crippen LogP contribution in [-0.4, -0.2) is 49.3 Å². The number of likely N-dealkylation sites (tertiary alicyclic amines) is 1. The molecule has 1 N–H and O–H groups in total. The molecule has 4 rings (SSSR count). The Balaban J connectivity index is 1.71. The summed E-state index contributed by atoms with van der Waals surface area (Å²) >= 11 is 0. The molecule has 0 aromatic carbocycles. The fourth-order valence-electron chi connectivity index (χ4n) is 4.83. The molecule has 1 fully saturated rings. The Morgan fingerprint density at radius 3 is 2.70 bits per heavy atom. The van der Waals surface area contributed by atoms with Crippen molar-refractivity contribution in [2.75, 3.05) is 13.1 Å².